The van der Waals surface area contributed by atoms with Gasteiger partial charge in [0, 0.05) is 36.5 Å². The first-order valence-corrected chi connectivity index (χ1v) is 12.3. The lowest BCUT2D eigenvalue weighted by Gasteiger charge is -2.26. The van der Waals surface area contributed by atoms with E-state index in [-0.39, 0.29) is 5.56 Å². The number of aromatic nitrogens is 4. The monoisotopic (exact) mass is 482 g/mol. The summed E-state index contributed by atoms with van der Waals surface area (Å²) < 4.78 is 3.36. The third-order valence-electron chi connectivity index (χ3n) is 7.28. The quantitative estimate of drug-likeness (QED) is 0.361. The molecule has 0 amide bonds. The van der Waals surface area contributed by atoms with Crippen molar-refractivity contribution < 1.29 is 5.11 Å². The zero-order chi connectivity index (χ0) is 25.1. The van der Waals surface area contributed by atoms with Crippen LogP contribution < -0.4 is 16.2 Å². The van der Waals surface area contributed by atoms with E-state index in [2.05, 4.69) is 45.4 Å². The molecule has 3 aromatic heterocycles. The third-order valence-corrected chi connectivity index (χ3v) is 7.28. The molecule has 184 valence electrons. The Bertz CT molecular complexity index is 1550. The number of aliphatic hydroxyl groups is 1. The van der Waals surface area contributed by atoms with Crippen molar-refractivity contribution in [1.29, 1.82) is 0 Å². The third kappa shape index (κ3) is 3.73. The summed E-state index contributed by atoms with van der Waals surface area (Å²) in [6.45, 7) is 9.43. The van der Waals surface area contributed by atoms with Crippen LogP contribution in [-0.4, -0.2) is 31.0 Å². The maximum absolute atomic E-state index is 13.2. The average Bonchev–Trinajstić information content (AvgIpc) is 3.57. The van der Waals surface area contributed by atoms with Crippen LogP contribution in [0, 0.1) is 0 Å². The lowest BCUT2D eigenvalue weighted by Crippen LogP contribution is -2.33. The predicted molar refractivity (Wildman–Crippen MR) is 141 cm³/mol. The minimum absolute atomic E-state index is 0.172. The fourth-order valence-corrected chi connectivity index (χ4v) is 5.24. The first-order chi connectivity index (χ1) is 17.3. The average molecular weight is 483 g/mol. The molecule has 6 rings (SSSR count). The molecule has 4 aromatic rings. The smallest absolute Gasteiger partial charge is 0.276 e. The standard InChI is InChI=1S/C28H30N6O2/c1-4-12-33-26(35)20-16-30-24(14-22(20)34(33)25-7-5-6-23(32-25)27(2,3)36)31-19-8-9-21-18(13-19)15-29-17-28(21)10-11-28/h4-9,13-14,16,29,36H,1,10-12,15,17H2,2-3H3,(H,30,31). The summed E-state index contributed by atoms with van der Waals surface area (Å²) in [7, 11) is 0. The fourth-order valence-electron chi connectivity index (χ4n) is 5.24. The Kier molecular flexibility index (Phi) is 5.14. The summed E-state index contributed by atoms with van der Waals surface area (Å²) in [5, 5.41) is 18.0. The molecule has 1 aliphatic carbocycles. The van der Waals surface area contributed by atoms with Crippen molar-refractivity contribution in [3.63, 3.8) is 0 Å². The highest BCUT2D eigenvalue weighted by atomic mass is 16.3. The van der Waals surface area contributed by atoms with Crippen LogP contribution in [-0.2, 0) is 24.1 Å². The molecular weight excluding hydrogens is 452 g/mol. The second-order valence-electron chi connectivity index (χ2n) is 10.4. The number of pyridine rings is 2. The van der Waals surface area contributed by atoms with Crippen molar-refractivity contribution in [3.05, 3.63) is 88.5 Å². The van der Waals surface area contributed by atoms with Crippen molar-refractivity contribution in [2.45, 2.75) is 50.8 Å². The van der Waals surface area contributed by atoms with Crippen LogP contribution in [0.2, 0.25) is 0 Å². The minimum Gasteiger partial charge on any atom is -0.384 e. The molecule has 1 saturated carbocycles. The highest BCUT2D eigenvalue weighted by molar-refractivity contribution is 5.82. The number of hydrogen-bond acceptors (Lipinski definition) is 6. The van der Waals surface area contributed by atoms with E-state index in [1.165, 1.54) is 24.0 Å². The topological polar surface area (TPSA) is 97.0 Å². The Balaban J connectivity index is 1.43. The summed E-state index contributed by atoms with van der Waals surface area (Å²) >= 11 is 0. The van der Waals surface area contributed by atoms with E-state index in [1.807, 2.05) is 18.2 Å². The van der Waals surface area contributed by atoms with Gasteiger partial charge in [-0.05, 0) is 62.1 Å². The van der Waals surface area contributed by atoms with E-state index in [0.717, 1.165) is 18.8 Å². The molecule has 2 aliphatic rings. The van der Waals surface area contributed by atoms with E-state index >= 15 is 0 Å². The summed E-state index contributed by atoms with van der Waals surface area (Å²) in [5.74, 6) is 1.17. The van der Waals surface area contributed by atoms with Gasteiger partial charge in [0.05, 0.1) is 23.1 Å². The molecule has 1 spiro atoms. The summed E-state index contributed by atoms with van der Waals surface area (Å²) in [6.07, 6.45) is 5.78. The number of anilines is 2. The number of rotatable bonds is 6. The number of hydrogen-bond donors (Lipinski definition) is 3. The summed E-state index contributed by atoms with van der Waals surface area (Å²) in [5.41, 5.74) is 3.99. The van der Waals surface area contributed by atoms with E-state index in [1.54, 1.807) is 41.6 Å². The van der Waals surface area contributed by atoms with E-state index in [4.69, 9.17) is 0 Å². The first-order valence-electron chi connectivity index (χ1n) is 12.3. The van der Waals surface area contributed by atoms with Gasteiger partial charge in [-0.15, -0.1) is 6.58 Å². The van der Waals surface area contributed by atoms with E-state index in [0.29, 0.717) is 40.2 Å². The van der Waals surface area contributed by atoms with Gasteiger partial charge in [0.2, 0.25) is 0 Å². The molecule has 0 bridgehead atoms. The molecule has 0 unspecified atom stereocenters. The van der Waals surface area contributed by atoms with Gasteiger partial charge in [0.1, 0.15) is 11.4 Å². The largest absolute Gasteiger partial charge is 0.384 e. The summed E-state index contributed by atoms with van der Waals surface area (Å²) in [6, 6.07) is 13.8. The zero-order valence-electron chi connectivity index (χ0n) is 20.6. The molecule has 1 fully saturated rings. The second-order valence-corrected chi connectivity index (χ2v) is 10.4. The fraction of sp³-hybridized carbons (Fsp3) is 0.321. The van der Waals surface area contributed by atoms with Crippen LogP contribution >= 0.6 is 0 Å². The van der Waals surface area contributed by atoms with Crippen LogP contribution in [0.1, 0.15) is 43.5 Å². The molecule has 8 nitrogen and oxygen atoms in total. The molecular formula is C28H30N6O2. The van der Waals surface area contributed by atoms with E-state index in [9.17, 15) is 9.90 Å². The molecule has 0 radical (unpaired) electrons. The van der Waals surface area contributed by atoms with Gasteiger partial charge in [-0.3, -0.25) is 4.79 Å². The molecule has 0 atom stereocenters. The number of fused-ring (bicyclic) bond motifs is 3. The maximum Gasteiger partial charge on any atom is 0.276 e. The first kappa shape index (κ1) is 22.7. The van der Waals surface area contributed by atoms with Gasteiger partial charge in [-0.1, -0.05) is 18.2 Å². The highest BCUT2D eigenvalue weighted by Gasteiger charge is 2.46. The SMILES string of the molecule is C=CCn1c(=O)c2cnc(Nc3ccc4c(c3)CNCC43CC3)cc2n1-c1cccc(C(C)(C)O)n1. The number of benzene rings is 1. The predicted octanol–water partition coefficient (Wildman–Crippen LogP) is 3.87. The van der Waals surface area contributed by atoms with Crippen LogP contribution in [0.5, 0.6) is 0 Å². The number of nitrogens with one attached hydrogen (secondary N) is 2. The normalized spacial score (nSPS) is 16.2. The van der Waals surface area contributed by atoms with Crippen molar-refractivity contribution in [2.24, 2.45) is 0 Å². The highest BCUT2D eigenvalue weighted by Crippen LogP contribution is 2.50. The van der Waals surface area contributed by atoms with Crippen molar-refractivity contribution in [1.82, 2.24) is 24.6 Å². The Morgan fingerprint density at radius 3 is 2.83 bits per heavy atom. The van der Waals surface area contributed by atoms with Crippen LogP contribution in [0.3, 0.4) is 0 Å². The Hall–Kier alpha value is -3.75. The molecule has 1 aromatic carbocycles. The van der Waals surface area contributed by atoms with Crippen molar-refractivity contribution in [2.75, 3.05) is 11.9 Å². The van der Waals surface area contributed by atoms with Crippen molar-refractivity contribution >= 4 is 22.4 Å². The van der Waals surface area contributed by atoms with Crippen LogP contribution in [0.25, 0.3) is 16.7 Å². The van der Waals surface area contributed by atoms with Gasteiger partial charge in [0.25, 0.3) is 5.56 Å². The molecule has 4 heterocycles. The second kappa shape index (κ2) is 8.15. The molecule has 1 aliphatic heterocycles. The molecule has 0 saturated heterocycles. The summed E-state index contributed by atoms with van der Waals surface area (Å²) in [4.78, 5) is 22.5. The van der Waals surface area contributed by atoms with Gasteiger partial charge in [-0.2, -0.15) is 0 Å². The zero-order valence-corrected chi connectivity index (χ0v) is 20.6. The van der Waals surface area contributed by atoms with Gasteiger partial charge in [0.15, 0.2) is 5.82 Å². The Morgan fingerprint density at radius 1 is 1.25 bits per heavy atom. The number of allylic oxidation sites excluding steroid dienone is 1. The van der Waals surface area contributed by atoms with Gasteiger partial charge in [-0.25, -0.2) is 19.3 Å². The lowest BCUT2D eigenvalue weighted by atomic mass is 9.88. The van der Waals surface area contributed by atoms with Crippen LogP contribution in [0.15, 0.2) is 66.1 Å². The maximum atomic E-state index is 13.2. The van der Waals surface area contributed by atoms with E-state index < -0.39 is 5.60 Å². The van der Waals surface area contributed by atoms with Gasteiger partial charge < -0.3 is 15.7 Å². The Labute approximate surface area is 209 Å². The number of nitrogens with zero attached hydrogens (tertiary/aromatic N) is 4. The molecule has 3 N–H and O–H groups in total. The Morgan fingerprint density at radius 2 is 2.08 bits per heavy atom. The lowest BCUT2D eigenvalue weighted by molar-refractivity contribution is 0.0738. The van der Waals surface area contributed by atoms with Gasteiger partial charge >= 0.3 is 0 Å². The van der Waals surface area contributed by atoms with Crippen LogP contribution in [0.4, 0.5) is 11.5 Å². The minimum atomic E-state index is -1.11. The molecule has 36 heavy (non-hydrogen) atoms. The molecule has 8 heteroatoms. The van der Waals surface area contributed by atoms with Crippen molar-refractivity contribution in [3.8, 4) is 5.82 Å².